The zero-order valence-corrected chi connectivity index (χ0v) is 19.0. The van der Waals surface area contributed by atoms with Crippen molar-refractivity contribution in [3.63, 3.8) is 0 Å². The highest BCUT2D eigenvalue weighted by Gasteiger charge is 2.43. The molecule has 3 amide bonds. The van der Waals surface area contributed by atoms with Crippen molar-refractivity contribution in [2.24, 2.45) is 0 Å². The number of benzene rings is 2. The zero-order valence-electron chi connectivity index (χ0n) is 16.6. The highest BCUT2D eigenvalue weighted by atomic mass is 35.5. The first-order valence-electron chi connectivity index (χ1n) is 9.19. The summed E-state index contributed by atoms with van der Waals surface area (Å²) in [5.41, 5.74) is 0.510. The van der Waals surface area contributed by atoms with E-state index in [2.05, 4.69) is 5.32 Å². The fourth-order valence-corrected chi connectivity index (χ4v) is 5.21. The Bertz CT molecular complexity index is 1170. The molecule has 1 heterocycles. The quantitative estimate of drug-likeness (QED) is 0.678. The minimum Gasteiger partial charge on any atom is -0.357 e. The van der Waals surface area contributed by atoms with Crippen molar-refractivity contribution in [2.75, 3.05) is 13.6 Å². The van der Waals surface area contributed by atoms with Crippen molar-refractivity contribution in [1.82, 2.24) is 14.5 Å². The SMILES string of the molecule is CNC(=O)C(C)N(Cc1ccc(Cl)cc1Cl)C(=O)CN1C(=O)c2ccccc2S1(=O)=O. The summed E-state index contributed by atoms with van der Waals surface area (Å²) in [5, 5.41) is 3.14. The monoisotopic (exact) mass is 483 g/mol. The minimum atomic E-state index is -4.17. The highest BCUT2D eigenvalue weighted by molar-refractivity contribution is 7.90. The van der Waals surface area contributed by atoms with Crippen molar-refractivity contribution in [3.8, 4) is 0 Å². The Hall–Kier alpha value is -2.62. The van der Waals surface area contributed by atoms with E-state index in [9.17, 15) is 22.8 Å². The average molecular weight is 484 g/mol. The van der Waals surface area contributed by atoms with Crippen LogP contribution in [0.4, 0.5) is 0 Å². The molecule has 11 heteroatoms. The molecule has 0 fully saturated rings. The standard InChI is InChI=1S/C20H19Cl2N3O5S/c1-12(19(27)23-2)24(10-13-7-8-14(21)9-16(13)22)18(26)11-25-20(28)15-5-3-4-6-17(15)31(25,29)30/h3-9,12H,10-11H2,1-2H3,(H,23,27). The van der Waals surface area contributed by atoms with Gasteiger partial charge in [0.25, 0.3) is 15.9 Å². The summed E-state index contributed by atoms with van der Waals surface area (Å²) < 4.78 is 26.1. The van der Waals surface area contributed by atoms with E-state index in [0.717, 1.165) is 0 Å². The van der Waals surface area contributed by atoms with Crippen LogP contribution in [0.3, 0.4) is 0 Å². The molecule has 1 N–H and O–H groups in total. The maximum atomic E-state index is 13.1. The van der Waals surface area contributed by atoms with Gasteiger partial charge < -0.3 is 10.2 Å². The molecule has 0 radical (unpaired) electrons. The molecule has 0 bridgehead atoms. The first-order valence-corrected chi connectivity index (χ1v) is 11.4. The Morgan fingerprint density at radius 2 is 1.84 bits per heavy atom. The first kappa shape index (κ1) is 23.1. The molecule has 31 heavy (non-hydrogen) atoms. The second-order valence-corrected chi connectivity index (χ2v) is 9.53. The van der Waals surface area contributed by atoms with E-state index in [4.69, 9.17) is 23.2 Å². The topological polar surface area (TPSA) is 104 Å². The smallest absolute Gasteiger partial charge is 0.269 e. The van der Waals surface area contributed by atoms with Gasteiger partial charge in [-0.15, -0.1) is 0 Å². The van der Waals surface area contributed by atoms with Crippen LogP contribution in [0.2, 0.25) is 10.0 Å². The van der Waals surface area contributed by atoms with Gasteiger partial charge in [-0.3, -0.25) is 14.4 Å². The van der Waals surface area contributed by atoms with E-state index in [1.54, 1.807) is 18.2 Å². The number of hydrogen-bond acceptors (Lipinski definition) is 5. The van der Waals surface area contributed by atoms with Crippen molar-refractivity contribution in [2.45, 2.75) is 24.4 Å². The molecule has 2 aromatic carbocycles. The Labute approximate surface area is 189 Å². The van der Waals surface area contributed by atoms with E-state index in [1.165, 1.54) is 43.1 Å². The van der Waals surface area contributed by atoms with Crippen LogP contribution in [0.1, 0.15) is 22.8 Å². The second-order valence-electron chi connectivity index (χ2n) is 6.86. The summed E-state index contributed by atoms with van der Waals surface area (Å²) >= 11 is 12.1. The van der Waals surface area contributed by atoms with Crippen molar-refractivity contribution in [3.05, 3.63) is 63.6 Å². The van der Waals surface area contributed by atoms with Crippen LogP contribution in [0.25, 0.3) is 0 Å². The van der Waals surface area contributed by atoms with Crippen molar-refractivity contribution in [1.29, 1.82) is 0 Å². The van der Waals surface area contributed by atoms with E-state index in [1.807, 2.05) is 0 Å². The number of likely N-dealkylation sites (N-methyl/N-ethyl adjacent to an activating group) is 1. The predicted molar refractivity (Wildman–Crippen MR) is 115 cm³/mol. The molecule has 2 aromatic rings. The summed E-state index contributed by atoms with van der Waals surface area (Å²) in [7, 11) is -2.75. The molecule has 0 spiro atoms. The third kappa shape index (κ3) is 4.39. The summed E-state index contributed by atoms with van der Waals surface area (Å²) in [6.07, 6.45) is 0. The van der Waals surface area contributed by atoms with Gasteiger partial charge >= 0.3 is 0 Å². The molecule has 0 aliphatic carbocycles. The number of sulfonamides is 1. The second kappa shape index (κ2) is 8.86. The minimum absolute atomic E-state index is 0.00180. The van der Waals surface area contributed by atoms with E-state index >= 15 is 0 Å². The summed E-state index contributed by atoms with van der Waals surface area (Å²) in [6.45, 7) is 0.663. The maximum Gasteiger partial charge on any atom is 0.269 e. The first-order chi connectivity index (χ1) is 14.6. The summed E-state index contributed by atoms with van der Waals surface area (Å²) in [6, 6.07) is 9.47. The normalized spacial score (nSPS) is 15.4. The number of nitrogens with zero attached hydrogens (tertiary/aromatic N) is 2. The molecule has 0 aromatic heterocycles. The number of amides is 3. The van der Waals surface area contributed by atoms with E-state index < -0.39 is 40.3 Å². The lowest BCUT2D eigenvalue weighted by atomic mass is 10.1. The van der Waals surface area contributed by atoms with Crippen molar-refractivity contribution < 1.29 is 22.8 Å². The number of rotatable bonds is 6. The van der Waals surface area contributed by atoms with E-state index in [-0.39, 0.29) is 22.0 Å². The van der Waals surface area contributed by atoms with Gasteiger partial charge in [-0.1, -0.05) is 41.4 Å². The Kier molecular flexibility index (Phi) is 6.59. The molecule has 1 unspecified atom stereocenters. The molecule has 0 saturated carbocycles. The van der Waals surface area contributed by atoms with Crippen LogP contribution in [0.5, 0.6) is 0 Å². The van der Waals surface area contributed by atoms with Crippen LogP contribution in [-0.4, -0.2) is 55.0 Å². The van der Waals surface area contributed by atoms with Crippen molar-refractivity contribution >= 4 is 50.9 Å². The molecule has 1 atom stereocenters. The van der Waals surface area contributed by atoms with E-state index in [0.29, 0.717) is 14.9 Å². The largest absolute Gasteiger partial charge is 0.357 e. The van der Waals surface area contributed by atoms with Gasteiger partial charge in [-0.2, -0.15) is 0 Å². The lowest BCUT2D eigenvalue weighted by molar-refractivity contribution is -0.140. The van der Waals surface area contributed by atoms with Gasteiger partial charge in [0.2, 0.25) is 11.8 Å². The number of carbonyl (C=O) groups is 3. The summed E-state index contributed by atoms with van der Waals surface area (Å²) in [4.78, 5) is 39.0. The lowest BCUT2D eigenvalue weighted by Crippen LogP contribution is -2.50. The molecule has 3 rings (SSSR count). The number of fused-ring (bicyclic) bond motifs is 1. The predicted octanol–water partition coefficient (Wildman–Crippen LogP) is 2.30. The molecule has 0 saturated heterocycles. The van der Waals surface area contributed by atoms with Gasteiger partial charge in [0, 0.05) is 23.6 Å². The van der Waals surface area contributed by atoms with Gasteiger partial charge in [-0.25, -0.2) is 12.7 Å². The fourth-order valence-electron chi connectivity index (χ4n) is 3.23. The number of carbonyl (C=O) groups excluding carboxylic acids is 3. The molecular weight excluding hydrogens is 465 g/mol. The Morgan fingerprint density at radius 3 is 2.45 bits per heavy atom. The average Bonchev–Trinajstić information content (AvgIpc) is 2.93. The van der Waals surface area contributed by atoms with Crippen LogP contribution < -0.4 is 5.32 Å². The fraction of sp³-hybridized carbons (Fsp3) is 0.250. The Balaban J connectivity index is 1.92. The number of halogens is 2. The van der Waals surface area contributed by atoms with Crippen LogP contribution in [0.15, 0.2) is 47.4 Å². The summed E-state index contributed by atoms with van der Waals surface area (Å²) in [5.74, 6) is -1.98. The molecule has 164 valence electrons. The third-order valence-electron chi connectivity index (χ3n) is 4.96. The van der Waals surface area contributed by atoms with Gasteiger partial charge in [0.05, 0.1) is 5.56 Å². The third-order valence-corrected chi connectivity index (χ3v) is 7.33. The van der Waals surface area contributed by atoms with Crippen LogP contribution in [-0.2, 0) is 26.2 Å². The Morgan fingerprint density at radius 1 is 1.16 bits per heavy atom. The highest BCUT2D eigenvalue weighted by Crippen LogP contribution is 2.30. The molecule has 1 aliphatic rings. The van der Waals surface area contributed by atoms with Gasteiger partial charge in [0.1, 0.15) is 17.5 Å². The molecule has 8 nitrogen and oxygen atoms in total. The molecule has 1 aliphatic heterocycles. The van der Waals surface area contributed by atoms with Gasteiger partial charge in [0.15, 0.2) is 0 Å². The van der Waals surface area contributed by atoms with Gasteiger partial charge in [-0.05, 0) is 36.8 Å². The number of nitrogens with one attached hydrogen (secondary N) is 1. The van der Waals surface area contributed by atoms with Crippen LogP contribution >= 0.6 is 23.2 Å². The zero-order chi connectivity index (χ0) is 22.9. The lowest BCUT2D eigenvalue weighted by Gasteiger charge is -2.30. The van der Waals surface area contributed by atoms with Crippen LogP contribution in [0, 0.1) is 0 Å². The molecular formula is C20H19Cl2N3O5S. The maximum absolute atomic E-state index is 13.1. The number of hydrogen-bond donors (Lipinski definition) is 1.